The molecule has 3 N–H and O–H groups in total. The van der Waals surface area contributed by atoms with Crippen LogP contribution in [0.3, 0.4) is 0 Å². The number of amides is 1. The molecule has 0 unspecified atom stereocenters. The molecule has 0 aliphatic rings. The number of benzene rings is 2. The molecule has 3 rings (SSSR count). The van der Waals surface area contributed by atoms with Crippen LogP contribution in [0.1, 0.15) is 28.2 Å². The van der Waals surface area contributed by atoms with E-state index < -0.39 is 10.0 Å². The fourth-order valence-electron chi connectivity index (χ4n) is 2.41. The normalized spacial score (nSPS) is 12.9. The molecule has 0 aliphatic carbocycles. The largest absolute Gasteiger partial charge is 0.345 e. The van der Waals surface area contributed by atoms with Crippen molar-refractivity contribution < 1.29 is 17.6 Å². The molecular weight excluding hydrogens is 363 g/mol. The van der Waals surface area contributed by atoms with E-state index in [1.54, 1.807) is 31.2 Å². The lowest BCUT2D eigenvalue weighted by molar-refractivity contribution is 0.0944. The van der Waals surface area contributed by atoms with Gasteiger partial charge in [0, 0.05) is 4.70 Å². The van der Waals surface area contributed by atoms with Crippen molar-refractivity contribution in [1.29, 1.82) is 0 Å². The molecule has 3 aromatic rings. The summed E-state index contributed by atoms with van der Waals surface area (Å²) >= 11 is 1.21. The molecule has 0 saturated carbocycles. The summed E-state index contributed by atoms with van der Waals surface area (Å²) in [5.41, 5.74) is 0.743. The van der Waals surface area contributed by atoms with Gasteiger partial charge in [0.2, 0.25) is 10.0 Å². The third kappa shape index (κ3) is 3.87. The molecule has 2 aromatic carbocycles. The number of hydrogen-bond acceptors (Lipinski definition) is 4. The van der Waals surface area contributed by atoms with Gasteiger partial charge in [-0.15, -0.1) is 11.3 Å². The number of nitrogens with one attached hydrogen (secondary N) is 1. The SMILES string of the molecule is C[C@H](NC(=O)c1cc2ccc(F)cc2s1)c1ccc(S(N)(=O)=O)cc1. The molecule has 1 aromatic heterocycles. The number of nitrogens with two attached hydrogens (primary N) is 1. The Bertz CT molecular complexity index is 1040. The summed E-state index contributed by atoms with van der Waals surface area (Å²) in [7, 11) is -3.75. The molecule has 0 spiro atoms. The maximum absolute atomic E-state index is 13.2. The Morgan fingerprint density at radius 2 is 1.84 bits per heavy atom. The van der Waals surface area contributed by atoms with Gasteiger partial charge in [0.1, 0.15) is 5.82 Å². The minimum absolute atomic E-state index is 0.0151. The van der Waals surface area contributed by atoms with E-state index in [1.807, 2.05) is 0 Å². The lowest BCUT2D eigenvalue weighted by Crippen LogP contribution is -2.25. The lowest BCUT2D eigenvalue weighted by atomic mass is 10.1. The van der Waals surface area contributed by atoms with Crippen LogP contribution in [0.5, 0.6) is 0 Å². The highest BCUT2D eigenvalue weighted by molar-refractivity contribution is 7.89. The monoisotopic (exact) mass is 378 g/mol. The second kappa shape index (κ2) is 6.55. The minimum atomic E-state index is -3.75. The van der Waals surface area contributed by atoms with Crippen LogP contribution in [-0.4, -0.2) is 14.3 Å². The van der Waals surface area contributed by atoms with Crippen molar-refractivity contribution in [2.24, 2.45) is 5.14 Å². The summed E-state index contributed by atoms with van der Waals surface area (Å²) in [5.74, 6) is -0.616. The van der Waals surface area contributed by atoms with Crippen molar-refractivity contribution in [1.82, 2.24) is 5.32 Å². The molecule has 1 atom stereocenters. The predicted octanol–water partition coefficient (Wildman–Crippen LogP) is 3.18. The molecule has 0 bridgehead atoms. The number of carbonyl (C=O) groups excluding carboxylic acids is 1. The van der Waals surface area contributed by atoms with Crippen LogP contribution < -0.4 is 10.5 Å². The molecule has 8 heteroatoms. The topological polar surface area (TPSA) is 89.3 Å². The fourth-order valence-corrected chi connectivity index (χ4v) is 3.92. The number of fused-ring (bicyclic) bond motifs is 1. The van der Waals surface area contributed by atoms with Crippen molar-refractivity contribution in [2.75, 3.05) is 0 Å². The van der Waals surface area contributed by atoms with Gasteiger partial charge in [-0.1, -0.05) is 18.2 Å². The number of thiophene rings is 1. The van der Waals surface area contributed by atoms with Crippen LogP contribution in [0.15, 0.2) is 53.4 Å². The van der Waals surface area contributed by atoms with Gasteiger partial charge in [0.25, 0.3) is 5.91 Å². The summed E-state index contributed by atoms with van der Waals surface area (Å²) in [5, 5.41) is 8.71. The molecular formula is C17H15FN2O3S2. The standard InChI is InChI=1S/C17H15FN2O3S2/c1-10(11-3-6-14(7-4-11)25(19,22)23)20-17(21)16-8-12-2-5-13(18)9-15(12)24-16/h2-10H,1H3,(H,20,21)(H2,19,22,23)/t10-/m0/s1. The van der Waals surface area contributed by atoms with Crippen LogP contribution in [-0.2, 0) is 10.0 Å². The number of halogens is 1. The Morgan fingerprint density at radius 1 is 1.16 bits per heavy atom. The van der Waals surface area contributed by atoms with Gasteiger partial charge in [-0.25, -0.2) is 17.9 Å². The van der Waals surface area contributed by atoms with Crippen molar-refractivity contribution in [3.63, 3.8) is 0 Å². The van der Waals surface area contributed by atoms with E-state index in [0.29, 0.717) is 9.58 Å². The highest BCUT2D eigenvalue weighted by Gasteiger charge is 2.15. The van der Waals surface area contributed by atoms with E-state index >= 15 is 0 Å². The Balaban J connectivity index is 1.77. The Kier molecular flexibility index (Phi) is 4.59. The first-order valence-corrected chi connectivity index (χ1v) is 9.73. The van der Waals surface area contributed by atoms with Gasteiger partial charge in [0.15, 0.2) is 0 Å². The summed E-state index contributed by atoms with van der Waals surface area (Å²) < 4.78 is 36.5. The van der Waals surface area contributed by atoms with Gasteiger partial charge in [-0.3, -0.25) is 4.79 Å². The predicted molar refractivity (Wildman–Crippen MR) is 95.5 cm³/mol. The number of carbonyl (C=O) groups is 1. The maximum Gasteiger partial charge on any atom is 0.261 e. The van der Waals surface area contributed by atoms with E-state index in [2.05, 4.69) is 5.32 Å². The van der Waals surface area contributed by atoms with Gasteiger partial charge in [0.05, 0.1) is 15.8 Å². The van der Waals surface area contributed by atoms with E-state index in [0.717, 1.165) is 10.9 Å². The zero-order chi connectivity index (χ0) is 18.2. The van der Waals surface area contributed by atoms with Crippen molar-refractivity contribution in [3.8, 4) is 0 Å². The number of rotatable bonds is 4. The summed E-state index contributed by atoms with van der Waals surface area (Å²) in [6.45, 7) is 1.79. The second-order valence-corrected chi connectivity index (χ2v) is 8.25. The van der Waals surface area contributed by atoms with E-state index in [9.17, 15) is 17.6 Å². The van der Waals surface area contributed by atoms with Gasteiger partial charge >= 0.3 is 0 Å². The summed E-state index contributed by atoms with van der Waals surface area (Å²) in [4.78, 5) is 12.9. The van der Waals surface area contributed by atoms with E-state index in [4.69, 9.17) is 5.14 Å². The first-order valence-electron chi connectivity index (χ1n) is 7.37. The van der Waals surface area contributed by atoms with Crippen LogP contribution >= 0.6 is 11.3 Å². The van der Waals surface area contributed by atoms with Crippen LogP contribution in [0.25, 0.3) is 10.1 Å². The Hall–Kier alpha value is -2.29. The van der Waals surface area contributed by atoms with Crippen molar-refractivity contribution >= 4 is 37.4 Å². The van der Waals surface area contributed by atoms with Crippen LogP contribution in [0.4, 0.5) is 4.39 Å². The van der Waals surface area contributed by atoms with Crippen molar-refractivity contribution in [3.05, 3.63) is 64.8 Å². The molecule has 5 nitrogen and oxygen atoms in total. The van der Waals surface area contributed by atoms with Gasteiger partial charge in [-0.05, 0) is 48.2 Å². The van der Waals surface area contributed by atoms with Crippen molar-refractivity contribution in [2.45, 2.75) is 17.9 Å². The molecule has 0 aliphatic heterocycles. The third-order valence-electron chi connectivity index (χ3n) is 3.76. The van der Waals surface area contributed by atoms with Crippen LogP contribution in [0.2, 0.25) is 0 Å². The molecule has 0 radical (unpaired) electrons. The first kappa shape index (κ1) is 17.5. The highest BCUT2D eigenvalue weighted by Crippen LogP contribution is 2.27. The maximum atomic E-state index is 13.2. The summed E-state index contributed by atoms with van der Waals surface area (Å²) in [6, 6.07) is 11.8. The number of hydrogen-bond donors (Lipinski definition) is 2. The average molecular weight is 378 g/mol. The zero-order valence-corrected chi connectivity index (χ0v) is 14.8. The number of sulfonamides is 1. The highest BCUT2D eigenvalue weighted by atomic mass is 32.2. The van der Waals surface area contributed by atoms with E-state index in [-0.39, 0.29) is 22.7 Å². The first-order chi connectivity index (χ1) is 11.7. The molecule has 0 fully saturated rings. The molecule has 25 heavy (non-hydrogen) atoms. The van der Waals surface area contributed by atoms with E-state index in [1.165, 1.54) is 35.6 Å². The van der Waals surface area contributed by atoms with Crippen LogP contribution in [0, 0.1) is 5.82 Å². The van der Waals surface area contributed by atoms with Gasteiger partial charge < -0.3 is 5.32 Å². The third-order valence-corrected chi connectivity index (χ3v) is 5.79. The van der Waals surface area contributed by atoms with Gasteiger partial charge in [-0.2, -0.15) is 0 Å². The zero-order valence-electron chi connectivity index (χ0n) is 13.2. The number of primary sulfonamides is 1. The smallest absolute Gasteiger partial charge is 0.261 e. The lowest BCUT2D eigenvalue weighted by Gasteiger charge is -2.14. The summed E-state index contributed by atoms with van der Waals surface area (Å²) in [6.07, 6.45) is 0. The quantitative estimate of drug-likeness (QED) is 0.731. The fraction of sp³-hybridized carbons (Fsp3) is 0.118. The average Bonchev–Trinajstić information content (AvgIpc) is 2.97. The molecule has 1 heterocycles. The molecule has 130 valence electrons. The molecule has 0 saturated heterocycles. The second-order valence-electron chi connectivity index (χ2n) is 5.60. The minimum Gasteiger partial charge on any atom is -0.345 e. The Labute approximate surface area is 148 Å². The molecule has 1 amide bonds. The Morgan fingerprint density at radius 3 is 2.48 bits per heavy atom.